The third kappa shape index (κ3) is 15.6. The van der Waals surface area contributed by atoms with Crippen molar-refractivity contribution in [1.29, 1.82) is 5.41 Å². The number of aliphatic carboxylic acids is 1. The van der Waals surface area contributed by atoms with Gasteiger partial charge in [0.25, 0.3) is 0 Å². The van der Waals surface area contributed by atoms with Crippen LogP contribution in [-0.2, 0) is 59.1 Å². The van der Waals surface area contributed by atoms with E-state index in [1.807, 2.05) is 9.80 Å². The summed E-state index contributed by atoms with van der Waals surface area (Å²) in [6.45, 7) is 2.82. The molecule has 64 heavy (non-hydrogen) atoms. The highest BCUT2D eigenvalue weighted by atomic mass is 32.2. The number of carbonyl (C=O) groups is 5. The van der Waals surface area contributed by atoms with E-state index in [1.54, 1.807) is 103 Å². The molecule has 1 saturated heterocycles. The van der Waals surface area contributed by atoms with Gasteiger partial charge in [-0.2, -0.15) is 13.2 Å². The third-order valence-corrected chi connectivity index (χ3v) is 11.3. The minimum atomic E-state index is -5.08. The van der Waals surface area contributed by atoms with Gasteiger partial charge in [0.1, 0.15) is 17.9 Å². The Morgan fingerprint density at radius 1 is 0.766 bits per heavy atom. The molecule has 0 radical (unpaired) electrons. The molecule has 4 aromatic carbocycles. The molecule has 3 aliphatic heterocycles. The maximum Gasteiger partial charge on any atom is 0.490 e. The van der Waals surface area contributed by atoms with E-state index in [-0.39, 0.29) is 55.9 Å². The zero-order valence-corrected chi connectivity index (χ0v) is 35.2. The lowest BCUT2D eigenvalue weighted by atomic mass is 10.0. The predicted octanol–water partition coefficient (Wildman–Crippen LogP) is 2.19. The molecule has 4 aromatic rings. The van der Waals surface area contributed by atoms with E-state index in [4.69, 9.17) is 21.0 Å². The number of amides is 4. The fourth-order valence-corrected chi connectivity index (χ4v) is 8.11. The normalized spacial score (nSPS) is 19.8. The predicted molar refractivity (Wildman–Crippen MR) is 231 cm³/mol. The van der Waals surface area contributed by atoms with Gasteiger partial charge in [0.15, 0.2) is 0 Å². The highest BCUT2D eigenvalue weighted by Gasteiger charge is 2.38. The number of alkyl halides is 3. The van der Waals surface area contributed by atoms with E-state index in [1.165, 1.54) is 0 Å². The van der Waals surface area contributed by atoms with Gasteiger partial charge < -0.3 is 32.1 Å². The lowest BCUT2D eigenvalue weighted by molar-refractivity contribution is -0.192. The topological polar surface area (TPSA) is 256 Å². The van der Waals surface area contributed by atoms with Crippen molar-refractivity contribution in [2.45, 2.75) is 43.4 Å². The lowest BCUT2D eigenvalue weighted by Crippen LogP contribution is -2.55. The number of nitrogens with zero attached hydrogens (tertiary/aromatic N) is 2. The summed E-state index contributed by atoms with van der Waals surface area (Å²) >= 11 is 0. The van der Waals surface area contributed by atoms with Gasteiger partial charge in [0.2, 0.25) is 33.7 Å². The van der Waals surface area contributed by atoms with Crippen molar-refractivity contribution in [1.82, 2.24) is 25.2 Å². The first-order chi connectivity index (χ1) is 30.3. The number of benzene rings is 4. The Morgan fingerprint density at radius 2 is 1.28 bits per heavy atom. The van der Waals surface area contributed by atoms with E-state index in [0.29, 0.717) is 59.8 Å². The van der Waals surface area contributed by atoms with E-state index in [9.17, 15) is 40.8 Å². The van der Waals surface area contributed by atoms with E-state index in [0.717, 1.165) is 5.56 Å². The van der Waals surface area contributed by atoms with Crippen molar-refractivity contribution in [2.75, 3.05) is 49.9 Å². The van der Waals surface area contributed by atoms with Crippen molar-refractivity contribution in [3.63, 3.8) is 0 Å². The Kier molecular flexibility index (Phi) is 16.7. The molecule has 0 saturated carbocycles. The number of nitrogen functional groups attached to an aromatic ring is 1. The van der Waals surface area contributed by atoms with E-state index < -0.39 is 46.1 Å². The van der Waals surface area contributed by atoms with Crippen LogP contribution in [0.1, 0.15) is 27.8 Å². The second kappa shape index (κ2) is 22.1. The number of amidine groups is 1. The number of hydrogen-bond donors (Lipinski definition) is 8. The molecule has 0 unspecified atom stereocenters. The lowest BCUT2D eigenvalue weighted by Gasteiger charge is -2.33. The Bertz CT molecular complexity index is 2420. The van der Waals surface area contributed by atoms with Gasteiger partial charge in [-0.05, 0) is 52.9 Å². The number of halogens is 3. The van der Waals surface area contributed by atoms with Gasteiger partial charge in [-0.25, -0.2) is 17.9 Å². The summed E-state index contributed by atoms with van der Waals surface area (Å²) in [5, 5.41) is 26.3. The number of nitrogens with one attached hydrogen (secondary N) is 6. The van der Waals surface area contributed by atoms with Gasteiger partial charge in [-0.15, -0.1) is 0 Å². The average Bonchev–Trinajstić information content (AvgIpc) is 3.23. The standard InChI is InChI=1S/C41H47N9O6S.C2HF3O2/c42-39(43)32-14-12-28(13-15-32)24-44-40(53)35-22-30-8-4-10-33(20-30)45-37(51)25-49-16-18-50(19-17-49)26-38(52)46-34-11-5-9-31(21-34)23-36(41(54)47-35)48-57(55,56)27-29-6-2-1-3-7-29;3-2(4,5)1(6)7/h1-15,20-21,35-36,48H,16-19,22-27H2,(H3,42,43)(H,44,53)(H,45,51)(H,46,52)(H,47,54);(H,6,7)/t35-,36+;/m0./s1. The molecule has 21 heteroatoms. The maximum absolute atomic E-state index is 14.3. The number of carboxylic acids is 1. The molecule has 3 aliphatic rings. The molecule has 1 fully saturated rings. The smallest absolute Gasteiger partial charge is 0.475 e. The number of piperazine rings is 1. The zero-order valence-electron chi connectivity index (χ0n) is 34.4. The van der Waals surface area contributed by atoms with Crippen LogP contribution >= 0.6 is 0 Å². The monoisotopic (exact) mass is 907 g/mol. The first kappa shape index (κ1) is 48.4. The highest BCUT2D eigenvalue weighted by molar-refractivity contribution is 7.88. The largest absolute Gasteiger partial charge is 0.490 e. The quantitative estimate of drug-likeness (QED) is 0.0940. The molecular formula is C43H48F3N9O8S. The Balaban J connectivity index is 0.00000102. The van der Waals surface area contributed by atoms with Crippen LogP contribution in [0.3, 0.4) is 0 Å². The number of fused-ring (bicyclic) bond motifs is 11. The van der Waals surface area contributed by atoms with Crippen molar-refractivity contribution >= 4 is 56.8 Å². The molecule has 0 aliphatic carbocycles. The summed E-state index contributed by atoms with van der Waals surface area (Å²) in [6, 6.07) is 26.7. The third-order valence-electron chi connectivity index (χ3n) is 9.95. The van der Waals surface area contributed by atoms with Crippen LogP contribution < -0.4 is 31.7 Å². The summed E-state index contributed by atoms with van der Waals surface area (Å²) in [5.74, 6) is -4.95. The molecule has 340 valence electrons. The van der Waals surface area contributed by atoms with Crippen LogP contribution in [0.4, 0.5) is 24.5 Å². The van der Waals surface area contributed by atoms with Crippen molar-refractivity contribution in [2.24, 2.45) is 5.73 Å². The number of nitrogens with two attached hydrogens (primary N) is 1. The molecule has 6 bridgehead atoms. The summed E-state index contributed by atoms with van der Waals surface area (Å²) in [7, 11) is -4.08. The summed E-state index contributed by atoms with van der Waals surface area (Å²) in [4.78, 5) is 67.3. The summed E-state index contributed by atoms with van der Waals surface area (Å²) < 4.78 is 61.5. The molecule has 0 spiro atoms. The SMILES string of the molecule is N=C(N)c1ccc(CNC(=O)[C@@H]2Cc3cccc(c3)NC(=O)CN3CCN(CC3)CC(=O)Nc3cccc(c3)C[C@@H](NS(=O)(=O)Cc3ccccc3)C(=O)N2)cc1.O=C(O)C(F)(F)F. The number of carboxylic acid groups (broad SMARTS) is 1. The van der Waals surface area contributed by atoms with Crippen LogP contribution in [0.2, 0.25) is 0 Å². The van der Waals surface area contributed by atoms with Gasteiger partial charge >= 0.3 is 12.1 Å². The van der Waals surface area contributed by atoms with Crippen molar-refractivity contribution in [3.05, 3.63) is 131 Å². The van der Waals surface area contributed by atoms with E-state index in [2.05, 4.69) is 26.0 Å². The van der Waals surface area contributed by atoms with Gasteiger partial charge in [0, 0.05) is 56.1 Å². The molecule has 9 N–H and O–H groups in total. The minimum absolute atomic E-state index is 0.0114. The number of hydrogen-bond acceptors (Lipinski definition) is 10. The first-order valence-corrected chi connectivity index (χ1v) is 21.5. The summed E-state index contributed by atoms with van der Waals surface area (Å²) in [6.07, 6.45) is -5.17. The Labute approximate surface area is 367 Å². The second-order valence-corrected chi connectivity index (χ2v) is 16.8. The van der Waals surface area contributed by atoms with Gasteiger partial charge in [0.05, 0.1) is 18.8 Å². The molecule has 0 aromatic heterocycles. The molecule has 2 atom stereocenters. The number of anilines is 2. The van der Waals surface area contributed by atoms with Gasteiger partial charge in [-0.1, -0.05) is 78.9 Å². The fourth-order valence-electron chi connectivity index (χ4n) is 6.77. The van der Waals surface area contributed by atoms with Crippen LogP contribution in [0.5, 0.6) is 0 Å². The van der Waals surface area contributed by atoms with Crippen LogP contribution in [0, 0.1) is 5.41 Å². The Hall–Kier alpha value is -6.68. The summed E-state index contributed by atoms with van der Waals surface area (Å²) in [5.41, 5.74) is 9.57. The van der Waals surface area contributed by atoms with Crippen molar-refractivity contribution < 1.29 is 50.7 Å². The minimum Gasteiger partial charge on any atom is -0.475 e. The molecule has 17 nitrogen and oxygen atoms in total. The van der Waals surface area contributed by atoms with Crippen molar-refractivity contribution in [3.8, 4) is 0 Å². The first-order valence-electron chi connectivity index (χ1n) is 19.9. The van der Waals surface area contributed by atoms with Crippen LogP contribution in [-0.4, -0.2) is 116 Å². The molecular weight excluding hydrogens is 860 g/mol. The second-order valence-electron chi connectivity index (χ2n) is 15.1. The number of carbonyl (C=O) groups excluding carboxylic acids is 4. The molecule has 7 rings (SSSR count). The molecule has 4 amide bonds. The maximum atomic E-state index is 14.3. The Morgan fingerprint density at radius 3 is 1.78 bits per heavy atom. The zero-order chi connectivity index (χ0) is 46.4. The van der Waals surface area contributed by atoms with Crippen LogP contribution in [0.25, 0.3) is 0 Å². The number of sulfonamides is 1. The highest BCUT2D eigenvalue weighted by Crippen LogP contribution is 2.18. The molecule has 3 heterocycles. The van der Waals surface area contributed by atoms with Gasteiger partial charge in [-0.3, -0.25) is 34.4 Å². The van der Waals surface area contributed by atoms with E-state index >= 15 is 0 Å². The number of rotatable bonds is 8. The fraction of sp³-hybridized carbons (Fsp3) is 0.302. The average molecular weight is 908 g/mol. The van der Waals surface area contributed by atoms with Crippen LogP contribution in [0.15, 0.2) is 103 Å².